The van der Waals surface area contributed by atoms with Crippen LogP contribution in [0.5, 0.6) is 0 Å². The molecule has 0 bridgehead atoms. The van der Waals surface area contributed by atoms with Gasteiger partial charge in [-0.3, -0.25) is 14.4 Å². The molecule has 1 aliphatic heterocycles. The second kappa shape index (κ2) is 8.01. The molecule has 3 aliphatic rings. The average Bonchev–Trinajstić information content (AvgIpc) is 3.29. The van der Waals surface area contributed by atoms with Gasteiger partial charge in [-0.1, -0.05) is 6.07 Å². The first-order valence-corrected chi connectivity index (χ1v) is 11.7. The highest BCUT2D eigenvalue weighted by Crippen LogP contribution is 2.58. The van der Waals surface area contributed by atoms with Gasteiger partial charge in [-0.25, -0.2) is 4.98 Å². The van der Waals surface area contributed by atoms with E-state index in [4.69, 9.17) is 15.8 Å². The number of carboxylic acids is 1. The molecule has 2 amide bonds. The van der Waals surface area contributed by atoms with E-state index in [2.05, 4.69) is 4.57 Å². The Bertz CT molecular complexity index is 1120. The topological polar surface area (TPSA) is 119 Å². The van der Waals surface area contributed by atoms with Crippen molar-refractivity contribution in [3.63, 3.8) is 0 Å². The second-order valence-corrected chi connectivity index (χ2v) is 10.0. The highest BCUT2D eigenvalue weighted by atomic mass is 16.4. The summed E-state index contributed by atoms with van der Waals surface area (Å²) < 4.78 is 2.13. The lowest BCUT2D eigenvalue weighted by Gasteiger charge is -2.27. The number of carboxylic acid groups (broad SMARTS) is 1. The fraction of sp³-hybridized carbons (Fsp3) is 0.520. The van der Waals surface area contributed by atoms with E-state index in [1.165, 1.54) is 43.4 Å². The highest BCUT2D eigenvalue weighted by Gasteiger charge is 2.45. The molecule has 3 N–H and O–H groups in total. The number of nitrogens with zero attached hydrogens (tertiary/aromatic N) is 3. The Hall–Kier alpha value is -3.16. The molecule has 1 aromatic carbocycles. The number of nitrogens with two attached hydrogens (primary N) is 1. The van der Waals surface area contributed by atoms with Crippen LogP contribution >= 0.6 is 0 Å². The van der Waals surface area contributed by atoms with E-state index in [1.54, 1.807) is 6.07 Å². The van der Waals surface area contributed by atoms with Crippen LogP contribution in [0.4, 0.5) is 0 Å². The molecule has 8 nitrogen and oxygen atoms in total. The van der Waals surface area contributed by atoms with Gasteiger partial charge >= 0.3 is 5.97 Å². The van der Waals surface area contributed by atoms with Crippen molar-refractivity contribution in [2.45, 2.75) is 69.9 Å². The third-order valence-electron chi connectivity index (χ3n) is 7.85. The van der Waals surface area contributed by atoms with Crippen molar-refractivity contribution in [2.24, 2.45) is 18.2 Å². The maximum atomic E-state index is 12.9. The number of hydrogen-bond donors (Lipinski definition) is 2. The van der Waals surface area contributed by atoms with Crippen molar-refractivity contribution in [1.82, 2.24) is 14.5 Å². The molecule has 2 saturated carbocycles. The molecule has 2 fully saturated rings. The SMILES string of the molecule is Cn1cc(-c2ccc3c(c2)CN(C(CCC(=O)O)C(N)=O)C3=O)nc1C1CCC2(CC1)CC2. The van der Waals surface area contributed by atoms with Crippen LogP contribution < -0.4 is 5.73 Å². The quantitative estimate of drug-likeness (QED) is 0.671. The van der Waals surface area contributed by atoms with Crippen molar-refractivity contribution in [2.75, 3.05) is 0 Å². The predicted octanol–water partition coefficient (Wildman–Crippen LogP) is 3.20. The molecular weight excluding hydrogens is 420 g/mol. The zero-order valence-electron chi connectivity index (χ0n) is 18.9. The minimum Gasteiger partial charge on any atom is -0.481 e. The Balaban J connectivity index is 1.35. The number of primary amides is 1. The van der Waals surface area contributed by atoms with Gasteiger partial charge in [0.25, 0.3) is 5.91 Å². The molecule has 2 aliphatic carbocycles. The molecule has 1 unspecified atom stereocenters. The Morgan fingerprint density at radius 3 is 2.61 bits per heavy atom. The summed E-state index contributed by atoms with van der Waals surface area (Å²) in [5.74, 6) is -0.381. The van der Waals surface area contributed by atoms with Crippen LogP contribution in [-0.2, 0) is 23.2 Å². The van der Waals surface area contributed by atoms with Crippen LogP contribution in [0.1, 0.15) is 79.0 Å². The van der Waals surface area contributed by atoms with Crippen LogP contribution in [-0.4, -0.2) is 43.4 Å². The predicted molar refractivity (Wildman–Crippen MR) is 121 cm³/mol. The fourth-order valence-corrected chi connectivity index (χ4v) is 5.63. The number of imidazole rings is 1. The van der Waals surface area contributed by atoms with E-state index in [1.807, 2.05) is 25.4 Å². The summed E-state index contributed by atoms with van der Waals surface area (Å²) in [6.07, 6.45) is 9.62. The number of aliphatic carboxylic acids is 1. The molecule has 33 heavy (non-hydrogen) atoms. The van der Waals surface area contributed by atoms with E-state index in [9.17, 15) is 14.4 Å². The molecule has 5 rings (SSSR count). The van der Waals surface area contributed by atoms with Gasteiger partial charge in [-0.15, -0.1) is 0 Å². The smallest absolute Gasteiger partial charge is 0.303 e. The molecule has 174 valence electrons. The Labute approximate surface area is 192 Å². The van der Waals surface area contributed by atoms with Gasteiger partial charge in [-0.2, -0.15) is 0 Å². The molecule has 8 heteroatoms. The van der Waals surface area contributed by atoms with Gasteiger partial charge in [0.1, 0.15) is 11.9 Å². The zero-order valence-corrected chi connectivity index (χ0v) is 18.9. The minimum absolute atomic E-state index is 0.00350. The molecule has 1 spiro atoms. The highest BCUT2D eigenvalue weighted by molar-refractivity contribution is 6.01. The molecule has 2 heterocycles. The summed E-state index contributed by atoms with van der Waals surface area (Å²) in [5, 5.41) is 8.97. The van der Waals surface area contributed by atoms with E-state index in [0.29, 0.717) is 16.9 Å². The number of hydrogen-bond acceptors (Lipinski definition) is 4. The molecule has 2 aromatic rings. The Morgan fingerprint density at radius 2 is 1.97 bits per heavy atom. The summed E-state index contributed by atoms with van der Waals surface area (Å²) >= 11 is 0. The van der Waals surface area contributed by atoms with Crippen LogP contribution in [0.2, 0.25) is 0 Å². The summed E-state index contributed by atoms with van der Waals surface area (Å²) in [5.41, 5.74) is 9.28. The lowest BCUT2D eigenvalue weighted by molar-refractivity contribution is -0.137. The van der Waals surface area contributed by atoms with Gasteiger partial charge < -0.3 is 20.3 Å². The van der Waals surface area contributed by atoms with E-state index in [-0.39, 0.29) is 25.3 Å². The van der Waals surface area contributed by atoms with Crippen molar-refractivity contribution >= 4 is 17.8 Å². The fourth-order valence-electron chi connectivity index (χ4n) is 5.63. The summed E-state index contributed by atoms with van der Waals surface area (Å²) in [6, 6.07) is 4.68. The van der Waals surface area contributed by atoms with Gasteiger partial charge in [0, 0.05) is 43.3 Å². The van der Waals surface area contributed by atoms with Gasteiger partial charge in [0.05, 0.1) is 5.69 Å². The van der Waals surface area contributed by atoms with Crippen molar-refractivity contribution < 1.29 is 19.5 Å². The third kappa shape index (κ3) is 4.03. The molecule has 0 radical (unpaired) electrons. The zero-order chi connectivity index (χ0) is 23.3. The molecule has 1 atom stereocenters. The second-order valence-electron chi connectivity index (χ2n) is 10.0. The largest absolute Gasteiger partial charge is 0.481 e. The lowest BCUT2D eigenvalue weighted by Crippen LogP contribution is -2.45. The molecule has 0 saturated heterocycles. The van der Waals surface area contributed by atoms with Gasteiger partial charge in [-0.05, 0) is 68.1 Å². The van der Waals surface area contributed by atoms with Crippen molar-refractivity contribution in [1.29, 1.82) is 0 Å². The number of fused-ring (bicyclic) bond motifs is 1. The molecular formula is C25H30N4O4. The monoisotopic (exact) mass is 450 g/mol. The van der Waals surface area contributed by atoms with Crippen molar-refractivity contribution in [3.8, 4) is 11.3 Å². The Morgan fingerprint density at radius 1 is 1.24 bits per heavy atom. The normalized spacial score (nSPS) is 20.2. The average molecular weight is 451 g/mol. The van der Waals surface area contributed by atoms with Gasteiger partial charge in [0.15, 0.2) is 0 Å². The number of rotatable bonds is 7. The van der Waals surface area contributed by atoms with Crippen LogP contribution in [0.25, 0.3) is 11.3 Å². The number of aromatic nitrogens is 2. The first kappa shape index (κ1) is 21.7. The number of carbonyl (C=O) groups excluding carboxylic acids is 2. The van der Waals surface area contributed by atoms with E-state index in [0.717, 1.165) is 22.6 Å². The number of carbonyl (C=O) groups is 3. The minimum atomic E-state index is -1.02. The van der Waals surface area contributed by atoms with Crippen LogP contribution in [0, 0.1) is 5.41 Å². The first-order valence-electron chi connectivity index (χ1n) is 11.7. The Kier molecular flexibility index (Phi) is 5.26. The van der Waals surface area contributed by atoms with Gasteiger partial charge in [0.2, 0.25) is 5.91 Å². The summed E-state index contributed by atoms with van der Waals surface area (Å²) in [7, 11) is 2.05. The lowest BCUT2D eigenvalue weighted by atomic mass is 9.79. The maximum absolute atomic E-state index is 12.9. The first-order chi connectivity index (χ1) is 15.8. The maximum Gasteiger partial charge on any atom is 0.303 e. The molecule has 1 aromatic heterocycles. The van der Waals surface area contributed by atoms with E-state index < -0.39 is 17.9 Å². The van der Waals surface area contributed by atoms with Crippen LogP contribution in [0.15, 0.2) is 24.4 Å². The number of amides is 2. The summed E-state index contributed by atoms with van der Waals surface area (Å²) in [4.78, 5) is 42.2. The van der Waals surface area contributed by atoms with Crippen molar-refractivity contribution in [3.05, 3.63) is 41.3 Å². The summed E-state index contributed by atoms with van der Waals surface area (Å²) in [6.45, 7) is 0.236. The standard InChI is InChI=1S/C25H30N4O4/c1-28-14-19(27-23(28)15-6-8-25(9-7-15)10-11-25)16-2-3-18-17(12-16)13-29(24(18)33)20(22(26)32)4-5-21(30)31/h2-3,12,14-15,20H,4-11,13H2,1H3,(H2,26,32)(H,30,31). The van der Waals surface area contributed by atoms with E-state index >= 15 is 0 Å². The number of aryl methyl sites for hydroxylation is 1. The van der Waals surface area contributed by atoms with Crippen LogP contribution in [0.3, 0.4) is 0 Å². The number of benzene rings is 1. The third-order valence-corrected chi connectivity index (χ3v) is 7.85.